The summed E-state index contributed by atoms with van der Waals surface area (Å²) in [7, 11) is 0. The van der Waals surface area contributed by atoms with Crippen molar-refractivity contribution in [3.63, 3.8) is 0 Å². The van der Waals surface area contributed by atoms with E-state index in [1.54, 1.807) is 12.2 Å². The number of hydrogen-bond donors (Lipinski definition) is 4. The largest absolute Gasteiger partial charge is 0.459 e. The molecule has 21 heavy (non-hydrogen) atoms. The minimum atomic E-state index is -1.89. The van der Waals surface area contributed by atoms with E-state index in [0.29, 0.717) is 6.42 Å². The first-order valence-corrected chi connectivity index (χ1v) is 7.07. The van der Waals surface area contributed by atoms with E-state index >= 15 is 0 Å². The summed E-state index contributed by atoms with van der Waals surface area (Å²) in [4.78, 5) is 23.9. The third-order valence-electron chi connectivity index (χ3n) is 4.25. The van der Waals surface area contributed by atoms with E-state index in [9.17, 15) is 24.9 Å². The Labute approximate surface area is 122 Å². The van der Waals surface area contributed by atoms with Gasteiger partial charge in [0.15, 0.2) is 5.60 Å². The Bertz CT molecular complexity index is 451. The fourth-order valence-corrected chi connectivity index (χ4v) is 2.76. The van der Waals surface area contributed by atoms with E-state index in [1.165, 1.54) is 6.92 Å². The maximum Gasteiger partial charge on any atom is 0.306 e. The number of aliphatic hydroxyl groups excluding tert-OH is 2. The number of esters is 1. The highest BCUT2D eigenvalue weighted by Gasteiger charge is 2.55. The molecule has 0 radical (unpaired) electrons. The van der Waals surface area contributed by atoms with Gasteiger partial charge in [-0.05, 0) is 6.42 Å². The van der Waals surface area contributed by atoms with Gasteiger partial charge in [-0.25, -0.2) is 0 Å². The summed E-state index contributed by atoms with van der Waals surface area (Å²) in [6, 6.07) is 0. The van der Waals surface area contributed by atoms with Crippen molar-refractivity contribution in [2.24, 2.45) is 5.92 Å². The molecule has 0 aromatic rings. The molecule has 1 aliphatic carbocycles. The lowest BCUT2D eigenvalue weighted by atomic mass is 9.71. The van der Waals surface area contributed by atoms with Gasteiger partial charge < -0.3 is 25.4 Å². The number of amides is 1. The van der Waals surface area contributed by atoms with Crippen LogP contribution in [0.1, 0.15) is 26.2 Å². The Kier molecular flexibility index (Phi) is 4.65. The average molecular weight is 299 g/mol. The van der Waals surface area contributed by atoms with Gasteiger partial charge in [-0.1, -0.05) is 19.1 Å². The highest BCUT2D eigenvalue weighted by Crippen LogP contribution is 2.36. The Balaban J connectivity index is 2.30. The molecule has 1 amide bonds. The molecule has 1 aliphatic heterocycles. The molecule has 0 spiro atoms. The number of aliphatic hydroxyl groups is 3. The quantitative estimate of drug-likeness (QED) is 0.332. The maximum absolute atomic E-state index is 12.2. The van der Waals surface area contributed by atoms with E-state index in [-0.39, 0.29) is 19.4 Å². The first-order chi connectivity index (χ1) is 9.86. The summed E-state index contributed by atoms with van der Waals surface area (Å²) in [6.07, 6.45) is -0.0138. The molecule has 4 N–H and O–H groups in total. The van der Waals surface area contributed by atoms with Crippen molar-refractivity contribution in [2.75, 3.05) is 6.54 Å². The van der Waals surface area contributed by atoms with Gasteiger partial charge in [-0.2, -0.15) is 0 Å². The number of nitrogens with one attached hydrogen (secondary N) is 1. The molecule has 0 saturated heterocycles. The monoisotopic (exact) mass is 299 g/mol. The number of ether oxygens (including phenoxy) is 1. The maximum atomic E-state index is 12.2. The zero-order chi connectivity index (χ0) is 15.6. The van der Waals surface area contributed by atoms with Crippen LogP contribution >= 0.6 is 0 Å². The molecule has 2 rings (SSSR count). The number of fused-ring (bicyclic) bond motifs is 2. The van der Waals surface area contributed by atoms with Gasteiger partial charge in [0.05, 0.1) is 6.10 Å². The van der Waals surface area contributed by atoms with Crippen LogP contribution in [0.25, 0.3) is 0 Å². The fraction of sp³-hybridized carbons (Fsp3) is 0.714. The van der Waals surface area contributed by atoms with Crippen molar-refractivity contribution in [1.82, 2.24) is 5.32 Å². The van der Waals surface area contributed by atoms with Gasteiger partial charge in [0.25, 0.3) is 5.91 Å². The molecular weight excluding hydrogens is 278 g/mol. The van der Waals surface area contributed by atoms with Crippen molar-refractivity contribution in [1.29, 1.82) is 0 Å². The van der Waals surface area contributed by atoms with Gasteiger partial charge in [0.1, 0.15) is 12.2 Å². The number of rotatable bonds is 0. The zero-order valence-corrected chi connectivity index (χ0v) is 11.9. The molecule has 0 aromatic carbocycles. The number of carbonyl (C=O) groups is 2. The van der Waals surface area contributed by atoms with Crippen LogP contribution in [0.5, 0.6) is 0 Å². The second kappa shape index (κ2) is 6.13. The first-order valence-electron chi connectivity index (χ1n) is 7.07. The molecule has 5 atom stereocenters. The average Bonchev–Trinajstić information content (AvgIpc) is 2.44. The topological polar surface area (TPSA) is 116 Å². The predicted molar refractivity (Wildman–Crippen MR) is 72.0 cm³/mol. The van der Waals surface area contributed by atoms with Crippen LogP contribution in [0.4, 0.5) is 0 Å². The van der Waals surface area contributed by atoms with E-state index in [0.717, 1.165) is 0 Å². The standard InChI is InChI=1S/C14H21NO6/c1-8-11(17)12(18)9-7-14(8,20)13(19)15-6-4-2-3-5-10(16)21-9/h2,4,8-9,11-12,17-18,20H,3,5-7H2,1H3,(H,15,19)/b4-2+/t8?,9?,11-,12+,14-/m1/s1. The Morgan fingerprint density at radius 2 is 2.00 bits per heavy atom. The molecule has 1 heterocycles. The van der Waals surface area contributed by atoms with Crippen molar-refractivity contribution >= 4 is 11.9 Å². The van der Waals surface area contributed by atoms with Crippen LogP contribution in [-0.4, -0.2) is 57.7 Å². The lowest BCUT2D eigenvalue weighted by Gasteiger charge is -2.45. The van der Waals surface area contributed by atoms with Crippen LogP contribution in [0, 0.1) is 5.92 Å². The Hall–Kier alpha value is -1.44. The van der Waals surface area contributed by atoms with Gasteiger partial charge in [0, 0.05) is 25.3 Å². The molecule has 118 valence electrons. The van der Waals surface area contributed by atoms with Gasteiger partial charge in [0.2, 0.25) is 0 Å². The first kappa shape index (κ1) is 15.9. The second-order valence-corrected chi connectivity index (χ2v) is 5.65. The third kappa shape index (κ3) is 3.09. The molecule has 2 aliphatic rings. The SMILES string of the molecule is CC1[C@@H](O)[C@@H](O)C2C[C@]1(O)C(=O)NC/C=C/CCC(=O)O2. The van der Waals surface area contributed by atoms with E-state index in [1.807, 2.05) is 0 Å². The van der Waals surface area contributed by atoms with E-state index in [4.69, 9.17) is 4.74 Å². The van der Waals surface area contributed by atoms with E-state index in [2.05, 4.69) is 5.32 Å². The molecule has 1 fully saturated rings. The van der Waals surface area contributed by atoms with Gasteiger partial charge in [-0.15, -0.1) is 0 Å². The zero-order valence-electron chi connectivity index (χ0n) is 11.9. The molecule has 0 aromatic heterocycles. The van der Waals surface area contributed by atoms with Crippen LogP contribution in [0.15, 0.2) is 12.2 Å². The van der Waals surface area contributed by atoms with Crippen molar-refractivity contribution in [3.8, 4) is 0 Å². The highest BCUT2D eigenvalue weighted by atomic mass is 16.6. The summed E-state index contributed by atoms with van der Waals surface area (Å²) in [5, 5.41) is 33.2. The summed E-state index contributed by atoms with van der Waals surface area (Å²) < 4.78 is 5.12. The van der Waals surface area contributed by atoms with Gasteiger partial charge >= 0.3 is 5.97 Å². The van der Waals surface area contributed by atoms with Crippen molar-refractivity contribution in [2.45, 2.75) is 50.1 Å². The lowest BCUT2D eigenvalue weighted by Crippen LogP contribution is -2.64. The van der Waals surface area contributed by atoms with Crippen molar-refractivity contribution in [3.05, 3.63) is 12.2 Å². The van der Waals surface area contributed by atoms with Crippen LogP contribution in [-0.2, 0) is 14.3 Å². The Morgan fingerprint density at radius 3 is 2.71 bits per heavy atom. The third-order valence-corrected chi connectivity index (χ3v) is 4.25. The molecule has 7 heteroatoms. The highest BCUT2D eigenvalue weighted by molar-refractivity contribution is 5.85. The minimum absolute atomic E-state index is 0.137. The van der Waals surface area contributed by atoms with Crippen LogP contribution in [0.3, 0.4) is 0 Å². The van der Waals surface area contributed by atoms with Crippen LogP contribution in [0.2, 0.25) is 0 Å². The van der Waals surface area contributed by atoms with Crippen LogP contribution < -0.4 is 5.32 Å². The summed E-state index contributed by atoms with van der Waals surface area (Å²) >= 11 is 0. The van der Waals surface area contributed by atoms with E-state index < -0.39 is 41.7 Å². The smallest absolute Gasteiger partial charge is 0.306 e. The summed E-state index contributed by atoms with van der Waals surface area (Å²) in [5.41, 5.74) is -1.89. The summed E-state index contributed by atoms with van der Waals surface area (Å²) in [5.74, 6) is -2.06. The summed E-state index contributed by atoms with van der Waals surface area (Å²) in [6.45, 7) is 1.71. The predicted octanol–water partition coefficient (Wildman–Crippen LogP) is -1.14. The van der Waals surface area contributed by atoms with Crippen molar-refractivity contribution < 1.29 is 29.6 Å². The van der Waals surface area contributed by atoms with Gasteiger partial charge in [-0.3, -0.25) is 9.59 Å². The molecule has 2 unspecified atom stereocenters. The lowest BCUT2D eigenvalue weighted by molar-refractivity contribution is -0.206. The molecule has 7 nitrogen and oxygen atoms in total. The minimum Gasteiger partial charge on any atom is -0.459 e. The normalized spacial score (nSPS) is 43.0. The number of hydrogen-bond acceptors (Lipinski definition) is 6. The number of allylic oxidation sites excluding steroid dienone is 1. The second-order valence-electron chi connectivity index (χ2n) is 5.65. The number of carbonyl (C=O) groups excluding carboxylic acids is 2. The molecular formula is C14H21NO6. The Morgan fingerprint density at radius 1 is 1.29 bits per heavy atom. The molecule has 2 bridgehead atoms. The molecule has 1 saturated carbocycles. The fourth-order valence-electron chi connectivity index (χ4n) is 2.76.